The molecule has 56 valence electrons. The van der Waals surface area contributed by atoms with E-state index in [9.17, 15) is 10.2 Å². The van der Waals surface area contributed by atoms with Gasteiger partial charge in [0.1, 0.15) is 0 Å². The molecule has 0 saturated heterocycles. The van der Waals surface area contributed by atoms with Crippen LogP contribution in [0.4, 0.5) is 0 Å². The third-order valence-corrected chi connectivity index (χ3v) is 0.498. The van der Waals surface area contributed by atoms with Crippen molar-refractivity contribution in [1.82, 2.24) is 0 Å². The van der Waals surface area contributed by atoms with Gasteiger partial charge >= 0.3 is 0 Å². The Labute approximate surface area is 57.5 Å². The van der Waals surface area contributed by atoms with Crippen molar-refractivity contribution < 1.29 is 10.2 Å². The molecule has 0 rings (SSSR count). The average Bonchev–Trinajstić information content (AvgIpc) is 1.66. The Balaban J connectivity index is 0. The van der Waals surface area contributed by atoms with E-state index in [1.165, 1.54) is 0 Å². The summed E-state index contributed by atoms with van der Waals surface area (Å²) in [6, 6.07) is 0. The van der Waals surface area contributed by atoms with E-state index in [0.29, 0.717) is 0 Å². The fraction of sp³-hybridized carbons (Fsp3) is 1.00. The summed E-state index contributed by atoms with van der Waals surface area (Å²) in [6.45, 7) is 5.33. The molecule has 9 heavy (non-hydrogen) atoms. The first-order chi connectivity index (χ1) is 4.15. The Morgan fingerprint density at radius 1 is 1.33 bits per heavy atom. The third kappa shape index (κ3) is 75.3. The second-order valence-corrected chi connectivity index (χ2v) is 2.11. The van der Waals surface area contributed by atoms with E-state index in [1.54, 1.807) is 13.8 Å². The quantitative estimate of drug-likeness (QED) is 0.551. The van der Waals surface area contributed by atoms with Crippen LogP contribution in [0.2, 0.25) is 0 Å². The topological polar surface area (TPSA) is 39.8 Å². The first-order valence-corrected chi connectivity index (χ1v) is 3.39. The molecule has 0 aromatic carbocycles. The van der Waals surface area contributed by atoms with E-state index in [1.807, 2.05) is 6.92 Å². The van der Waals surface area contributed by atoms with Gasteiger partial charge in [0.2, 0.25) is 0 Å². The van der Waals surface area contributed by atoms with Gasteiger partial charge < -0.3 is 0 Å². The third-order valence-electron chi connectivity index (χ3n) is 0.498. The van der Waals surface area contributed by atoms with Gasteiger partial charge in [-0.1, -0.05) is 13.3 Å². The van der Waals surface area contributed by atoms with Crippen molar-refractivity contribution in [1.29, 1.82) is 0 Å². The minimum Gasteiger partial charge on any atom is -0.237 e. The normalized spacial score (nSPS) is 8.67. The van der Waals surface area contributed by atoms with Crippen LogP contribution < -0.4 is 0 Å². The SMILES string of the molecule is CC(C)[O].CCCC[O]. The predicted molar refractivity (Wildman–Crippen MR) is 36.3 cm³/mol. The van der Waals surface area contributed by atoms with E-state index < -0.39 is 6.10 Å². The molecule has 0 atom stereocenters. The Morgan fingerprint density at radius 2 is 1.67 bits per heavy atom. The molecule has 0 aromatic rings. The van der Waals surface area contributed by atoms with E-state index in [2.05, 4.69) is 0 Å². The Morgan fingerprint density at radius 3 is 1.67 bits per heavy atom. The standard InChI is InChI=1S/C4H9O.C3H7O/c1-2-3-4-5;1-3(2)4/h2-4H2,1H3;3H,1-2H3. The van der Waals surface area contributed by atoms with Crippen molar-refractivity contribution >= 4 is 0 Å². The van der Waals surface area contributed by atoms with Crippen molar-refractivity contribution in [2.45, 2.75) is 39.7 Å². The Kier molecular flexibility index (Phi) is 14.0. The zero-order valence-electron chi connectivity index (χ0n) is 6.52. The van der Waals surface area contributed by atoms with Gasteiger partial charge in [-0.3, -0.25) is 0 Å². The maximum absolute atomic E-state index is 9.53. The average molecular weight is 132 g/mol. The van der Waals surface area contributed by atoms with Gasteiger partial charge in [-0.15, -0.1) is 0 Å². The van der Waals surface area contributed by atoms with Crippen LogP contribution in [0.3, 0.4) is 0 Å². The molecule has 0 spiro atoms. The van der Waals surface area contributed by atoms with Crippen molar-refractivity contribution in [2.75, 3.05) is 6.61 Å². The van der Waals surface area contributed by atoms with Gasteiger partial charge in [0.25, 0.3) is 0 Å². The molecule has 2 nitrogen and oxygen atoms in total. The fourth-order valence-corrected chi connectivity index (χ4v) is 0.144. The Bertz CT molecular complexity index is 31.1. The van der Waals surface area contributed by atoms with Crippen molar-refractivity contribution in [3.8, 4) is 0 Å². The first-order valence-electron chi connectivity index (χ1n) is 3.39. The lowest BCUT2D eigenvalue weighted by Gasteiger charge is -1.76. The summed E-state index contributed by atoms with van der Waals surface area (Å²) in [4.78, 5) is 0. The largest absolute Gasteiger partial charge is 0.237 e. The Hall–Kier alpha value is -0.0800. The van der Waals surface area contributed by atoms with Crippen LogP contribution in [-0.2, 0) is 10.2 Å². The molecular weight excluding hydrogens is 116 g/mol. The number of hydrogen-bond acceptors (Lipinski definition) is 0. The summed E-state index contributed by atoms with van der Waals surface area (Å²) in [6.07, 6.45) is 1.45. The second-order valence-electron chi connectivity index (χ2n) is 2.11. The molecule has 0 saturated carbocycles. The monoisotopic (exact) mass is 132 g/mol. The summed E-state index contributed by atoms with van der Waals surface area (Å²) >= 11 is 0. The van der Waals surface area contributed by atoms with Crippen LogP contribution in [0.15, 0.2) is 0 Å². The fourth-order valence-electron chi connectivity index (χ4n) is 0.144. The maximum atomic E-state index is 9.53. The van der Waals surface area contributed by atoms with Crippen LogP contribution in [0.25, 0.3) is 0 Å². The van der Waals surface area contributed by atoms with Crippen molar-refractivity contribution in [3.05, 3.63) is 0 Å². The number of hydrogen-bond donors (Lipinski definition) is 0. The number of unbranched alkanes of at least 4 members (excludes halogenated alkanes) is 1. The van der Waals surface area contributed by atoms with Gasteiger partial charge in [-0.25, -0.2) is 10.2 Å². The molecule has 0 aliphatic heterocycles. The molecule has 0 aromatic heterocycles. The molecular formula is C7H16O2. The molecule has 0 heterocycles. The van der Waals surface area contributed by atoms with Crippen LogP contribution in [0.5, 0.6) is 0 Å². The van der Waals surface area contributed by atoms with E-state index in [4.69, 9.17) is 0 Å². The van der Waals surface area contributed by atoms with Gasteiger partial charge in [0.15, 0.2) is 0 Å². The number of rotatable bonds is 2. The summed E-state index contributed by atoms with van der Waals surface area (Å²) in [5.74, 6) is 0. The van der Waals surface area contributed by atoms with Crippen LogP contribution >= 0.6 is 0 Å². The van der Waals surface area contributed by atoms with Gasteiger partial charge in [0, 0.05) is 0 Å². The molecule has 2 radical (unpaired) electrons. The van der Waals surface area contributed by atoms with Crippen molar-refractivity contribution in [2.24, 2.45) is 0 Å². The van der Waals surface area contributed by atoms with Gasteiger partial charge in [-0.05, 0) is 20.3 Å². The zero-order chi connectivity index (χ0) is 7.70. The van der Waals surface area contributed by atoms with Crippen LogP contribution in [-0.4, -0.2) is 12.7 Å². The van der Waals surface area contributed by atoms with E-state index >= 15 is 0 Å². The van der Waals surface area contributed by atoms with Gasteiger partial charge in [-0.2, -0.15) is 0 Å². The molecule has 0 bridgehead atoms. The lowest BCUT2D eigenvalue weighted by molar-refractivity contribution is 0.122. The maximum Gasteiger partial charge on any atom is 0.0874 e. The predicted octanol–water partition coefficient (Wildman–Crippen LogP) is 2.04. The molecule has 0 aliphatic carbocycles. The molecule has 0 N–H and O–H groups in total. The highest BCUT2D eigenvalue weighted by molar-refractivity contribution is 4.23. The summed E-state index contributed by atoms with van der Waals surface area (Å²) < 4.78 is 0. The lowest BCUT2D eigenvalue weighted by Crippen LogP contribution is -1.81. The first kappa shape index (κ1) is 11.7. The molecule has 2 heteroatoms. The molecule has 0 aliphatic rings. The van der Waals surface area contributed by atoms with E-state index in [-0.39, 0.29) is 6.61 Å². The van der Waals surface area contributed by atoms with Crippen LogP contribution in [0, 0.1) is 0 Å². The summed E-state index contributed by atoms with van der Waals surface area (Å²) in [5, 5.41) is 19.1. The highest BCUT2D eigenvalue weighted by Crippen LogP contribution is 1.79. The van der Waals surface area contributed by atoms with Gasteiger partial charge in [0.05, 0.1) is 12.7 Å². The summed E-state index contributed by atoms with van der Waals surface area (Å²) in [7, 11) is 0. The highest BCUT2D eigenvalue weighted by atomic mass is 16.3. The molecule has 0 fully saturated rings. The summed E-state index contributed by atoms with van der Waals surface area (Å²) in [5.41, 5.74) is 0. The van der Waals surface area contributed by atoms with Crippen LogP contribution in [0.1, 0.15) is 33.6 Å². The highest BCUT2D eigenvalue weighted by Gasteiger charge is 1.73. The molecule has 0 amide bonds. The minimum absolute atomic E-state index is 0.0938. The lowest BCUT2D eigenvalue weighted by atomic mass is 10.4. The minimum atomic E-state index is -0.417. The zero-order valence-corrected chi connectivity index (χ0v) is 6.52. The smallest absolute Gasteiger partial charge is 0.0874 e. The van der Waals surface area contributed by atoms with E-state index in [0.717, 1.165) is 12.8 Å². The molecule has 0 unspecified atom stereocenters. The van der Waals surface area contributed by atoms with Crippen molar-refractivity contribution in [3.63, 3.8) is 0 Å². The second kappa shape index (κ2) is 10.8.